The van der Waals surface area contributed by atoms with Gasteiger partial charge in [0.1, 0.15) is 16.6 Å². The van der Waals surface area contributed by atoms with Crippen LogP contribution in [0, 0.1) is 0 Å². The van der Waals surface area contributed by atoms with Crippen molar-refractivity contribution in [2.45, 2.75) is 45.8 Å². The number of ether oxygens (including phenoxy) is 1. The van der Waals surface area contributed by atoms with Gasteiger partial charge in [-0.2, -0.15) is 0 Å². The highest BCUT2D eigenvalue weighted by molar-refractivity contribution is 9.10. The highest BCUT2D eigenvalue weighted by Crippen LogP contribution is 2.20. The molecule has 10 heteroatoms. The van der Waals surface area contributed by atoms with Gasteiger partial charge in [-0.15, -0.1) is 0 Å². The molecule has 0 fully saturated rings. The number of aromatic nitrogens is 2. The molecule has 1 atom stereocenters. The lowest BCUT2D eigenvalue weighted by molar-refractivity contribution is -0.137. The molecule has 0 aliphatic heterocycles. The first kappa shape index (κ1) is 20.9. The van der Waals surface area contributed by atoms with Gasteiger partial charge in [0.15, 0.2) is 0 Å². The number of carbonyl (C=O) groups excluding carboxylic acids is 1. The van der Waals surface area contributed by atoms with Crippen LogP contribution in [0.3, 0.4) is 0 Å². The van der Waals surface area contributed by atoms with Crippen molar-refractivity contribution in [3.8, 4) is 0 Å². The van der Waals surface area contributed by atoms with Gasteiger partial charge in [0.25, 0.3) is 5.56 Å². The summed E-state index contributed by atoms with van der Waals surface area (Å²) in [5.41, 5.74) is -1.78. The van der Waals surface area contributed by atoms with Crippen molar-refractivity contribution in [3.05, 3.63) is 31.0 Å². The van der Waals surface area contributed by atoms with Gasteiger partial charge in [0.05, 0.1) is 0 Å². The summed E-state index contributed by atoms with van der Waals surface area (Å²) < 4.78 is 7.02. The number of carbonyl (C=O) groups is 2. The van der Waals surface area contributed by atoms with E-state index in [4.69, 9.17) is 9.84 Å². The molecule has 1 aromatic heterocycles. The van der Waals surface area contributed by atoms with E-state index >= 15 is 0 Å². The molecule has 0 saturated heterocycles. The number of nitrogens with zero attached hydrogens (tertiary/aromatic N) is 2. The van der Waals surface area contributed by atoms with Crippen LogP contribution in [-0.2, 0) is 23.1 Å². The predicted octanol–water partition coefficient (Wildman–Crippen LogP) is 1.02. The van der Waals surface area contributed by atoms with E-state index in [1.54, 1.807) is 27.7 Å². The van der Waals surface area contributed by atoms with Gasteiger partial charge in [0, 0.05) is 25.2 Å². The van der Waals surface area contributed by atoms with Crippen LogP contribution in [0.1, 0.15) is 39.3 Å². The molecule has 0 bridgehead atoms. The Morgan fingerprint density at radius 1 is 1.32 bits per heavy atom. The quantitative estimate of drug-likeness (QED) is 0.734. The minimum atomic E-state index is -1.22. The molecule has 1 aromatic rings. The number of aliphatic carboxylic acids is 1. The summed E-state index contributed by atoms with van der Waals surface area (Å²) in [6.07, 6.45) is -0.647. The summed E-state index contributed by atoms with van der Waals surface area (Å²) in [6.45, 7) is 6.28. The van der Waals surface area contributed by atoms with E-state index in [0.29, 0.717) is 0 Å². The van der Waals surface area contributed by atoms with Crippen LogP contribution < -0.4 is 16.6 Å². The standard InChI is InChI=1S/C15H22BrN3O6/c1-8(6-17-13(23)25-15(2,3)4)11-10(16)12(22)18(5)14(24)19(11)7-9(20)21/h8H,6-7H2,1-5H3,(H,17,23)(H,20,21)/t8-/m0/s1. The fraction of sp³-hybridized carbons (Fsp3) is 0.600. The first-order valence-electron chi connectivity index (χ1n) is 7.53. The maximum absolute atomic E-state index is 12.3. The van der Waals surface area contributed by atoms with Gasteiger partial charge >= 0.3 is 17.8 Å². The van der Waals surface area contributed by atoms with Gasteiger partial charge in [0.2, 0.25) is 0 Å². The highest BCUT2D eigenvalue weighted by atomic mass is 79.9. The van der Waals surface area contributed by atoms with E-state index in [1.165, 1.54) is 7.05 Å². The molecule has 140 valence electrons. The first-order valence-corrected chi connectivity index (χ1v) is 8.32. The number of halogens is 1. The molecule has 0 saturated carbocycles. The number of nitrogens with one attached hydrogen (secondary N) is 1. The normalized spacial score (nSPS) is 12.6. The summed E-state index contributed by atoms with van der Waals surface area (Å²) in [7, 11) is 1.27. The monoisotopic (exact) mass is 419 g/mol. The van der Waals surface area contributed by atoms with Gasteiger partial charge in [-0.3, -0.25) is 18.7 Å². The molecule has 0 aliphatic rings. The number of carboxylic acids is 1. The highest BCUT2D eigenvalue weighted by Gasteiger charge is 2.23. The largest absolute Gasteiger partial charge is 0.480 e. The van der Waals surface area contributed by atoms with Crippen molar-refractivity contribution in [3.63, 3.8) is 0 Å². The number of hydrogen-bond acceptors (Lipinski definition) is 5. The molecule has 1 rings (SSSR count). The van der Waals surface area contributed by atoms with Crippen molar-refractivity contribution in [2.24, 2.45) is 7.05 Å². The van der Waals surface area contributed by atoms with Crippen LogP contribution in [0.25, 0.3) is 0 Å². The van der Waals surface area contributed by atoms with E-state index in [9.17, 15) is 19.2 Å². The summed E-state index contributed by atoms with van der Waals surface area (Å²) in [5.74, 6) is -1.73. The average molecular weight is 420 g/mol. The zero-order valence-corrected chi connectivity index (χ0v) is 16.3. The summed E-state index contributed by atoms with van der Waals surface area (Å²) >= 11 is 3.13. The minimum Gasteiger partial charge on any atom is -0.480 e. The van der Waals surface area contributed by atoms with E-state index in [2.05, 4.69) is 21.2 Å². The van der Waals surface area contributed by atoms with Crippen LogP contribution in [0.5, 0.6) is 0 Å². The van der Waals surface area contributed by atoms with E-state index in [-0.39, 0.29) is 16.7 Å². The van der Waals surface area contributed by atoms with E-state index in [0.717, 1.165) is 9.13 Å². The van der Waals surface area contributed by atoms with Crippen molar-refractivity contribution < 1.29 is 19.4 Å². The van der Waals surface area contributed by atoms with E-state index < -0.39 is 41.4 Å². The fourth-order valence-corrected chi connectivity index (χ4v) is 3.03. The van der Waals surface area contributed by atoms with Crippen molar-refractivity contribution in [1.29, 1.82) is 0 Å². The molecular formula is C15H22BrN3O6. The molecule has 25 heavy (non-hydrogen) atoms. The Kier molecular flexibility index (Phi) is 6.58. The van der Waals surface area contributed by atoms with Crippen molar-refractivity contribution >= 4 is 28.0 Å². The van der Waals surface area contributed by atoms with Crippen molar-refractivity contribution in [2.75, 3.05) is 6.54 Å². The number of alkyl carbamates (subject to hydrolysis) is 1. The Hall–Kier alpha value is -2.10. The van der Waals surface area contributed by atoms with Crippen LogP contribution in [0.2, 0.25) is 0 Å². The summed E-state index contributed by atoms with van der Waals surface area (Å²) in [6, 6.07) is 0. The SMILES string of the molecule is C[C@@H](CNC(=O)OC(C)(C)C)c1c(Br)c(=O)n(C)c(=O)n1CC(=O)O. The van der Waals surface area contributed by atoms with Gasteiger partial charge < -0.3 is 15.2 Å². The molecule has 9 nitrogen and oxygen atoms in total. The molecule has 0 spiro atoms. The van der Waals surface area contributed by atoms with E-state index in [1.807, 2.05) is 0 Å². The Balaban J connectivity index is 3.18. The second-order valence-electron chi connectivity index (χ2n) is 6.61. The number of rotatable bonds is 5. The van der Waals surface area contributed by atoms with Crippen molar-refractivity contribution in [1.82, 2.24) is 14.5 Å². The van der Waals surface area contributed by atoms with Gasteiger partial charge in [-0.25, -0.2) is 9.59 Å². The lowest BCUT2D eigenvalue weighted by Gasteiger charge is -2.22. The van der Waals surface area contributed by atoms with Gasteiger partial charge in [-0.05, 0) is 36.7 Å². The van der Waals surface area contributed by atoms with Gasteiger partial charge in [-0.1, -0.05) is 6.92 Å². The maximum atomic E-state index is 12.3. The Morgan fingerprint density at radius 2 is 1.88 bits per heavy atom. The molecular weight excluding hydrogens is 398 g/mol. The smallest absolute Gasteiger partial charge is 0.407 e. The molecule has 0 aromatic carbocycles. The van der Waals surface area contributed by atoms with Crippen LogP contribution >= 0.6 is 15.9 Å². The topological polar surface area (TPSA) is 120 Å². The Bertz CT molecular complexity index is 790. The molecule has 0 unspecified atom stereocenters. The maximum Gasteiger partial charge on any atom is 0.407 e. The first-order chi connectivity index (χ1) is 11.3. The van der Waals surface area contributed by atoms with Crippen LogP contribution in [0.4, 0.5) is 4.79 Å². The number of carboxylic acid groups (broad SMARTS) is 1. The molecule has 2 N–H and O–H groups in total. The number of hydrogen-bond donors (Lipinski definition) is 2. The zero-order valence-electron chi connectivity index (χ0n) is 14.8. The molecule has 0 aliphatic carbocycles. The zero-order chi connectivity index (χ0) is 19.5. The molecule has 1 amide bonds. The third-order valence-electron chi connectivity index (χ3n) is 3.24. The Morgan fingerprint density at radius 3 is 2.36 bits per heavy atom. The Labute approximate surface area is 152 Å². The van der Waals surface area contributed by atoms with Crippen LogP contribution in [-0.4, -0.2) is 38.4 Å². The third kappa shape index (κ3) is 5.45. The van der Waals surface area contributed by atoms with Crippen LogP contribution in [0.15, 0.2) is 14.1 Å². The molecule has 1 heterocycles. The lowest BCUT2D eigenvalue weighted by atomic mass is 10.1. The summed E-state index contributed by atoms with van der Waals surface area (Å²) in [4.78, 5) is 47.2. The average Bonchev–Trinajstić information content (AvgIpc) is 2.46. The second kappa shape index (κ2) is 7.85. The fourth-order valence-electron chi connectivity index (χ4n) is 2.16. The molecule has 0 radical (unpaired) electrons. The minimum absolute atomic E-state index is 0.0553. The summed E-state index contributed by atoms with van der Waals surface area (Å²) in [5, 5.41) is 11.6. The third-order valence-corrected chi connectivity index (χ3v) is 3.98. The lowest BCUT2D eigenvalue weighted by Crippen LogP contribution is -2.43. The predicted molar refractivity (Wildman–Crippen MR) is 93.9 cm³/mol. The second-order valence-corrected chi connectivity index (χ2v) is 7.40. The number of amides is 1.